The van der Waals surface area contributed by atoms with Crippen molar-refractivity contribution in [2.24, 2.45) is 16.7 Å². The topological polar surface area (TPSA) is 46.1 Å². The average molecular weight is 185 g/mol. The fourth-order valence-corrected chi connectivity index (χ4v) is 0.863. The zero-order valence-electron chi connectivity index (χ0n) is 9.51. The van der Waals surface area contributed by atoms with Crippen LogP contribution in [-0.2, 0) is 4.79 Å². The molecule has 0 atom stereocenters. The molecule has 0 heterocycles. The minimum atomic E-state index is -0.420. The molecule has 0 radical (unpaired) electrons. The van der Waals surface area contributed by atoms with E-state index in [1.54, 1.807) is 6.21 Å². The highest BCUT2D eigenvalue weighted by Crippen LogP contribution is 2.15. The number of nitrogens with zero attached hydrogens (tertiary/aromatic N) is 1. The first-order valence-corrected chi connectivity index (χ1v) is 4.48. The largest absolute Gasteiger partial charge is 0.419 e. The molecule has 0 aliphatic rings. The van der Waals surface area contributed by atoms with Gasteiger partial charge in [-0.3, -0.25) is 0 Å². The van der Waals surface area contributed by atoms with Gasteiger partial charge in [-0.05, 0) is 20.8 Å². The third-order valence-electron chi connectivity index (χ3n) is 1.40. The highest BCUT2D eigenvalue weighted by atomic mass is 16.2. The first kappa shape index (κ1) is 12.1. The predicted octanol–water partition coefficient (Wildman–Crippen LogP) is 1.56. The van der Waals surface area contributed by atoms with E-state index in [1.165, 1.54) is 4.68 Å². The van der Waals surface area contributed by atoms with Gasteiger partial charge in [0.25, 0.3) is 0 Å². The first-order valence-electron chi connectivity index (χ1n) is 4.48. The second-order valence-electron chi connectivity index (χ2n) is 5.46. The Hall–Kier alpha value is -0.860. The molecule has 1 amide bonds. The summed E-state index contributed by atoms with van der Waals surface area (Å²) in [5, 5.41) is 0. The molecule has 0 aliphatic carbocycles. The van der Waals surface area contributed by atoms with E-state index in [4.69, 9.17) is 5.84 Å². The standard InChI is InChI=1S/C10H21N2O/c1-9(2,3)7-12(11)8(13)10(4,5)6/h7H,11H2,1-6H3/q+1. The maximum atomic E-state index is 11.6. The fraction of sp³-hybridized carbons (Fsp3) is 0.800. The molecular weight excluding hydrogens is 164 g/mol. The van der Waals surface area contributed by atoms with Gasteiger partial charge in [0, 0.05) is 5.41 Å². The smallest absolute Gasteiger partial charge is 0.216 e. The van der Waals surface area contributed by atoms with E-state index < -0.39 is 5.41 Å². The van der Waals surface area contributed by atoms with E-state index in [0.717, 1.165) is 0 Å². The average Bonchev–Trinajstić information content (AvgIpc) is 1.79. The summed E-state index contributed by atoms with van der Waals surface area (Å²) >= 11 is 0. The summed E-state index contributed by atoms with van der Waals surface area (Å²) < 4.78 is 1.19. The Morgan fingerprint density at radius 1 is 1.15 bits per heavy atom. The number of hydrogen-bond acceptors (Lipinski definition) is 2. The van der Waals surface area contributed by atoms with Gasteiger partial charge in [0.05, 0.1) is 5.41 Å². The highest BCUT2D eigenvalue weighted by Gasteiger charge is 2.32. The molecular formula is C10H21N2O+. The van der Waals surface area contributed by atoms with Crippen molar-refractivity contribution in [1.82, 2.24) is 0 Å². The minimum absolute atomic E-state index is 0.0672. The molecule has 76 valence electrons. The third kappa shape index (κ3) is 4.65. The number of carbonyl (C=O) groups excluding carboxylic acids is 1. The number of rotatable bonds is 0. The van der Waals surface area contributed by atoms with Gasteiger partial charge in [-0.15, -0.1) is 0 Å². The lowest BCUT2D eigenvalue weighted by Crippen LogP contribution is -2.39. The number of hydrogen-bond donors (Lipinski definition) is 1. The molecule has 0 aromatic rings. The predicted molar refractivity (Wildman–Crippen MR) is 54.4 cm³/mol. The molecule has 0 saturated carbocycles. The number of amides is 1. The number of hydrazine groups is 1. The van der Waals surface area contributed by atoms with Crippen molar-refractivity contribution in [3.63, 3.8) is 0 Å². The molecule has 3 nitrogen and oxygen atoms in total. The molecule has 0 aliphatic heterocycles. The Kier molecular flexibility index (Phi) is 3.25. The van der Waals surface area contributed by atoms with Gasteiger partial charge in [-0.25, -0.2) is 10.6 Å². The maximum Gasteiger partial charge on any atom is 0.419 e. The molecule has 0 unspecified atom stereocenters. The first-order chi connectivity index (χ1) is 5.54. The highest BCUT2D eigenvalue weighted by molar-refractivity contribution is 5.77. The molecule has 0 aromatic carbocycles. The van der Waals surface area contributed by atoms with E-state index >= 15 is 0 Å². The number of hydrazone groups is 1. The minimum Gasteiger partial charge on any atom is -0.216 e. The molecule has 13 heavy (non-hydrogen) atoms. The quantitative estimate of drug-likeness (QED) is 0.205. The zero-order valence-corrected chi connectivity index (χ0v) is 9.51. The Balaban J connectivity index is 4.73. The van der Waals surface area contributed by atoms with Crippen molar-refractivity contribution in [2.45, 2.75) is 41.5 Å². The Bertz CT molecular complexity index is 228. The normalized spacial score (nSPS) is 14.5. The Morgan fingerprint density at radius 2 is 1.54 bits per heavy atom. The molecule has 2 N–H and O–H groups in total. The second kappa shape index (κ2) is 3.48. The number of carbonyl (C=O) groups is 1. The van der Waals surface area contributed by atoms with E-state index in [0.29, 0.717) is 0 Å². The van der Waals surface area contributed by atoms with Crippen molar-refractivity contribution in [3.05, 3.63) is 0 Å². The Morgan fingerprint density at radius 3 is 1.77 bits per heavy atom. The molecule has 0 bridgehead atoms. The van der Waals surface area contributed by atoms with Crippen LogP contribution in [0.1, 0.15) is 41.5 Å². The molecule has 0 rings (SSSR count). The molecule has 0 saturated heterocycles. The van der Waals surface area contributed by atoms with E-state index in [1.807, 2.05) is 41.5 Å². The summed E-state index contributed by atoms with van der Waals surface area (Å²) in [5.74, 6) is 5.55. The van der Waals surface area contributed by atoms with Crippen molar-refractivity contribution < 1.29 is 9.48 Å². The molecule has 3 heteroatoms. The van der Waals surface area contributed by atoms with Gasteiger partial charge in [-0.2, -0.15) is 0 Å². The van der Waals surface area contributed by atoms with Crippen LogP contribution in [0.2, 0.25) is 0 Å². The van der Waals surface area contributed by atoms with Crippen molar-refractivity contribution in [3.8, 4) is 0 Å². The zero-order chi connectivity index (χ0) is 10.9. The van der Waals surface area contributed by atoms with Crippen LogP contribution >= 0.6 is 0 Å². The second-order valence-corrected chi connectivity index (χ2v) is 5.46. The lowest BCUT2D eigenvalue weighted by atomic mass is 9.94. The summed E-state index contributed by atoms with van der Waals surface area (Å²) in [6.07, 6.45) is 1.74. The van der Waals surface area contributed by atoms with Crippen LogP contribution in [0.25, 0.3) is 0 Å². The van der Waals surface area contributed by atoms with E-state index in [-0.39, 0.29) is 11.3 Å². The Labute approximate surface area is 80.6 Å². The van der Waals surface area contributed by atoms with Crippen LogP contribution < -0.4 is 5.84 Å². The number of nitrogens with two attached hydrogens (primary N) is 1. The van der Waals surface area contributed by atoms with Crippen LogP contribution in [-0.4, -0.2) is 16.8 Å². The third-order valence-corrected chi connectivity index (χ3v) is 1.40. The summed E-state index contributed by atoms with van der Waals surface area (Å²) in [6.45, 7) is 11.6. The van der Waals surface area contributed by atoms with Crippen LogP contribution in [0.5, 0.6) is 0 Å². The SMILES string of the molecule is CC(C)(C)C=[N+](N)C(=O)C(C)(C)C. The summed E-state index contributed by atoms with van der Waals surface area (Å²) in [5.41, 5.74) is -0.494. The van der Waals surface area contributed by atoms with Gasteiger partial charge < -0.3 is 0 Å². The molecule has 0 spiro atoms. The van der Waals surface area contributed by atoms with Gasteiger partial charge in [0.15, 0.2) is 6.21 Å². The van der Waals surface area contributed by atoms with E-state index in [2.05, 4.69) is 0 Å². The van der Waals surface area contributed by atoms with Gasteiger partial charge >= 0.3 is 5.91 Å². The summed E-state index contributed by atoms with van der Waals surface area (Å²) in [7, 11) is 0. The summed E-state index contributed by atoms with van der Waals surface area (Å²) in [4.78, 5) is 11.6. The van der Waals surface area contributed by atoms with Crippen molar-refractivity contribution in [1.29, 1.82) is 0 Å². The molecule has 0 aromatic heterocycles. The van der Waals surface area contributed by atoms with E-state index in [9.17, 15) is 4.79 Å². The van der Waals surface area contributed by atoms with Gasteiger partial charge in [-0.1, -0.05) is 25.5 Å². The van der Waals surface area contributed by atoms with Crippen LogP contribution in [0, 0.1) is 10.8 Å². The lowest BCUT2D eigenvalue weighted by molar-refractivity contribution is -0.465. The lowest BCUT2D eigenvalue weighted by Gasteiger charge is -2.12. The van der Waals surface area contributed by atoms with Crippen LogP contribution in [0.3, 0.4) is 0 Å². The maximum absolute atomic E-state index is 11.6. The van der Waals surface area contributed by atoms with Gasteiger partial charge in [0.1, 0.15) is 0 Å². The van der Waals surface area contributed by atoms with Crippen LogP contribution in [0.15, 0.2) is 0 Å². The van der Waals surface area contributed by atoms with Gasteiger partial charge in [0.2, 0.25) is 0 Å². The monoisotopic (exact) mass is 185 g/mol. The molecule has 0 fully saturated rings. The summed E-state index contributed by atoms with van der Waals surface area (Å²) in [6, 6.07) is 0. The van der Waals surface area contributed by atoms with Crippen molar-refractivity contribution in [2.75, 3.05) is 0 Å². The van der Waals surface area contributed by atoms with Crippen LogP contribution in [0.4, 0.5) is 0 Å². The van der Waals surface area contributed by atoms with Crippen molar-refractivity contribution >= 4 is 12.1 Å². The fourth-order valence-electron chi connectivity index (χ4n) is 0.863.